The average Bonchev–Trinajstić information content (AvgIpc) is 2.31. The van der Waals surface area contributed by atoms with E-state index >= 15 is 0 Å². The van der Waals surface area contributed by atoms with E-state index in [0.29, 0.717) is 5.92 Å². The van der Waals surface area contributed by atoms with Gasteiger partial charge in [-0.1, -0.05) is 0 Å². The summed E-state index contributed by atoms with van der Waals surface area (Å²) in [5.41, 5.74) is 5.59. The number of hydrogen-bond acceptors (Lipinski definition) is 4. The molecule has 1 aliphatic heterocycles. The van der Waals surface area contributed by atoms with Gasteiger partial charge in [-0.2, -0.15) is 0 Å². The lowest BCUT2D eigenvalue weighted by Crippen LogP contribution is -2.37. The second kappa shape index (κ2) is 5.07. The Morgan fingerprint density at radius 3 is 2.93 bits per heavy atom. The lowest BCUT2D eigenvalue weighted by Gasteiger charge is -2.32. The van der Waals surface area contributed by atoms with Crippen molar-refractivity contribution in [3.05, 3.63) is 18.5 Å². The summed E-state index contributed by atoms with van der Waals surface area (Å²) in [6, 6.07) is 1.85. The second-order valence-corrected chi connectivity index (χ2v) is 4.08. The Morgan fingerprint density at radius 1 is 1.40 bits per heavy atom. The molecule has 1 atom stereocenters. The van der Waals surface area contributed by atoms with Crippen LogP contribution in [-0.4, -0.2) is 29.6 Å². The summed E-state index contributed by atoms with van der Waals surface area (Å²) < 4.78 is 0. The average molecular weight is 206 g/mol. The number of piperidine rings is 1. The zero-order chi connectivity index (χ0) is 10.5. The molecule has 0 radical (unpaired) electrons. The van der Waals surface area contributed by atoms with Gasteiger partial charge in [0.1, 0.15) is 0 Å². The highest BCUT2D eigenvalue weighted by Crippen LogP contribution is 2.21. The van der Waals surface area contributed by atoms with Crippen molar-refractivity contribution in [3.63, 3.8) is 0 Å². The number of nitrogens with two attached hydrogens (primary N) is 1. The molecule has 0 aliphatic carbocycles. The van der Waals surface area contributed by atoms with Crippen molar-refractivity contribution in [2.24, 2.45) is 11.7 Å². The summed E-state index contributed by atoms with van der Waals surface area (Å²) in [7, 11) is 0. The molecule has 1 saturated heterocycles. The van der Waals surface area contributed by atoms with Gasteiger partial charge in [-0.3, -0.25) is 0 Å². The SMILES string of the molecule is NCCC1CCCN(c2ncccn2)C1. The predicted molar refractivity (Wildman–Crippen MR) is 60.6 cm³/mol. The maximum absolute atomic E-state index is 5.59. The first-order valence-electron chi connectivity index (χ1n) is 5.62. The van der Waals surface area contributed by atoms with Crippen LogP contribution in [0.2, 0.25) is 0 Å². The minimum absolute atomic E-state index is 0.715. The van der Waals surface area contributed by atoms with Crippen LogP contribution in [0.3, 0.4) is 0 Å². The highest BCUT2D eigenvalue weighted by atomic mass is 15.2. The Hall–Kier alpha value is -1.16. The van der Waals surface area contributed by atoms with Gasteiger partial charge >= 0.3 is 0 Å². The topological polar surface area (TPSA) is 55.0 Å². The van der Waals surface area contributed by atoms with Gasteiger partial charge < -0.3 is 10.6 Å². The normalized spacial score (nSPS) is 21.7. The highest BCUT2D eigenvalue weighted by molar-refractivity contribution is 5.28. The molecule has 4 heteroatoms. The number of anilines is 1. The van der Waals surface area contributed by atoms with Crippen molar-refractivity contribution in [1.29, 1.82) is 0 Å². The van der Waals surface area contributed by atoms with Gasteiger partial charge in [-0.15, -0.1) is 0 Å². The van der Waals surface area contributed by atoms with Crippen LogP contribution in [0.1, 0.15) is 19.3 Å². The smallest absolute Gasteiger partial charge is 0.225 e. The van der Waals surface area contributed by atoms with Crippen LogP contribution in [0.15, 0.2) is 18.5 Å². The van der Waals surface area contributed by atoms with Crippen molar-refractivity contribution in [3.8, 4) is 0 Å². The third-order valence-electron chi connectivity index (χ3n) is 2.93. The quantitative estimate of drug-likeness (QED) is 0.803. The maximum Gasteiger partial charge on any atom is 0.225 e. The summed E-state index contributed by atoms with van der Waals surface area (Å²) in [5.74, 6) is 1.58. The zero-order valence-corrected chi connectivity index (χ0v) is 8.97. The Balaban J connectivity index is 1.98. The molecule has 82 valence electrons. The Bertz CT molecular complexity index is 286. The van der Waals surface area contributed by atoms with E-state index in [1.807, 2.05) is 6.07 Å². The van der Waals surface area contributed by atoms with E-state index in [-0.39, 0.29) is 0 Å². The summed E-state index contributed by atoms with van der Waals surface area (Å²) in [6.45, 7) is 2.92. The number of nitrogens with zero attached hydrogens (tertiary/aromatic N) is 3. The zero-order valence-electron chi connectivity index (χ0n) is 8.97. The van der Waals surface area contributed by atoms with E-state index < -0.39 is 0 Å². The van der Waals surface area contributed by atoms with Crippen LogP contribution in [0.4, 0.5) is 5.95 Å². The van der Waals surface area contributed by atoms with Crippen molar-refractivity contribution in [2.75, 3.05) is 24.5 Å². The van der Waals surface area contributed by atoms with Gasteiger partial charge in [0.2, 0.25) is 5.95 Å². The fourth-order valence-electron chi connectivity index (χ4n) is 2.17. The molecule has 2 heterocycles. The highest BCUT2D eigenvalue weighted by Gasteiger charge is 2.20. The van der Waals surface area contributed by atoms with Crippen molar-refractivity contribution in [1.82, 2.24) is 9.97 Å². The molecule has 0 aromatic carbocycles. The van der Waals surface area contributed by atoms with E-state index in [9.17, 15) is 0 Å². The third-order valence-corrected chi connectivity index (χ3v) is 2.93. The summed E-state index contributed by atoms with van der Waals surface area (Å²) in [5, 5.41) is 0. The maximum atomic E-state index is 5.59. The summed E-state index contributed by atoms with van der Waals surface area (Å²) in [6.07, 6.45) is 7.23. The van der Waals surface area contributed by atoms with Crippen LogP contribution in [0.5, 0.6) is 0 Å². The van der Waals surface area contributed by atoms with Crippen LogP contribution >= 0.6 is 0 Å². The van der Waals surface area contributed by atoms with E-state index in [1.54, 1.807) is 12.4 Å². The van der Waals surface area contributed by atoms with Gasteiger partial charge in [0.25, 0.3) is 0 Å². The lowest BCUT2D eigenvalue weighted by atomic mass is 9.95. The first kappa shape index (κ1) is 10.4. The van der Waals surface area contributed by atoms with Crippen molar-refractivity contribution in [2.45, 2.75) is 19.3 Å². The molecular weight excluding hydrogens is 188 g/mol. The molecule has 0 bridgehead atoms. The minimum atomic E-state index is 0.715. The van der Waals surface area contributed by atoms with E-state index in [2.05, 4.69) is 14.9 Å². The first-order chi connectivity index (χ1) is 7.40. The summed E-state index contributed by atoms with van der Waals surface area (Å²) >= 11 is 0. The van der Waals surface area contributed by atoms with Crippen LogP contribution in [-0.2, 0) is 0 Å². The largest absolute Gasteiger partial charge is 0.341 e. The minimum Gasteiger partial charge on any atom is -0.341 e. The van der Waals surface area contributed by atoms with Gasteiger partial charge in [0.05, 0.1) is 0 Å². The Kier molecular flexibility index (Phi) is 3.50. The number of hydrogen-bond donors (Lipinski definition) is 1. The van der Waals surface area contributed by atoms with Crippen LogP contribution in [0.25, 0.3) is 0 Å². The lowest BCUT2D eigenvalue weighted by molar-refractivity contribution is 0.392. The van der Waals surface area contributed by atoms with Gasteiger partial charge in [-0.25, -0.2) is 9.97 Å². The molecule has 2 rings (SSSR count). The number of aromatic nitrogens is 2. The summed E-state index contributed by atoms with van der Waals surface area (Å²) in [4.78, 5) is 10.8. The molecule has 2 N–H and O–H groups in total. The fraction of sp³-hybridized carbons (Fsp3) is 0.636. The third kappa shape index (κ3) is 2.65. The van der Waals surface area contributed by atoms with Gasteiger partial charge in [-0.05, 0) is 37.8 Å². The van der Waals surface area contributed by atoms with Gasteiger partial charge in [0.15, 0.2) is 0 Å². The molecule has 1 unspecified atom stereocenters. The molecule has 1 aromatic heterocycles. The molecule has 15 heavy (non-hydrogen) atoms. The number of rotatable bonds is 3. The molecule has 0 amide bonds. The van der Waals surface area contributed by atoms with Crippen LogP contribution < -0.4 is 10.6 Å². The first-order valence-corrected chi connectivity index (χ1v) is 5.62. The van der Waals surface area contributed by atoms with E-state index in [1.165, 1.54) is 12.8 Å². The molecule has 0 spiro atoms. The fourth-order valence-corrected chi connectivity index (χ4v) is 2.17. The van der Waals surface area contributed by atoms with Gasteiger partial charge in [0, 0.05) is 25.5 Å². The van der Waals surface area contributed by atoms with Crippen molar-refractivity contribution < 1.29 is 0 Å². The van der Waals surface area contributed by atoms with Crippen molar-refractivity contribution >= 4 is 5.95 Å². The molecule has 0 saturated carbocycles. The Morgan fingerprint density at radius 2 is 2.20 bits per heavy atom. The van der Waals surface area contributed by atoms with Crippen LogP contribution in [0, 0.1) is 5.92 Å². The van der Waals surface area contributed by atoms with E-state index in [0.717, 1.165) is 32.0 Å². The molecule has 1 fully saturated rings. The Labute approximate surface area is 90.5 Å². The molecule has 1 aromatic rings. The monoisotopic (exact) mass is 206 g/mol. The molecular formula is C11H18N4. The second-order valence-electron chi connectivity index (χ2n) is 4.08. The van der Waals surface area contributed by atoms with E-state index in [4.69, 9.17) is 5.73 Å². The molecule has 1 aliphatic rings. The standard InChI is InChI=1S/C11H18N4/c12-5-4-10-3-1-8-15(9-10)11-13-6-2-7-14-11/h2,6-7,10H,1,3-5,8-9,12H2. The predicted octanol–water partition coefficient (Wildman–Crippen LogP) is 1.04. The molecule has 4 nitrogen and oxygen atoms in total.